The van der Waals surface area contributed by atoms with E-state index < -0.39 is 11.0 Å². The highest BCUT2D eigenvalue weighted by Gasteiger charge is 2.50. The van der Waals surface area contributed by atoms with E-state index in [0.29, 0.717) is 24.5 Å². The van der Waals surface area contributed by atoms with Crippen LogP contribution in [-0.2, 0) is 10.4 Å². The van der Waals surface area contributed by atoms with Crippen LogP contribution >= 0.6 is 11.6 Å². The molecule has 1 aliphatic carbocycles. The van der Waals surface area contributed by atoms with Crippen molar-refractivity contribution < 1.29 is 14.7 Å². The van der Waals surface area contributed by atoms with Crippen LogP contribution in [0.1, 0.15) is 62.0 Å². The number of nitrogens with zero attached hydrogens (tertiary/aromatic N) is 3. The number of aliphatic hydroxyl groups is 1. The van der Waals surface area contributed by atoms with Gasteiger partial charge in [-0.05, 0) is 37.0 Å². The topological polar surface area (TPSA) is 95.4 Å². The lowest BCUT2D eigenvalue weighted by atomic mass is 9.66. The van der Waals surface area contributed by atoms with Crippen LogP contribution in [0.15, 0.2) is 42.9 Å². The monoisotopic (exact) mass is 470 g/mol. The van der Waals surface area contributed by atoms with Crippen molar-refractivity contribution >= 4 is 23.4 Å². The lowest BCUT2D eigenvalue weighted by Gasteiger charge is -2.51. The van der Waals surface area contributed by atoms with E-state index in [9.17, 15) is 14.7 Å². The van der Waals surface area contributed by atoms with Gasteiger partial charge in [0, 0.05) is 42.0 Å². The molecule has 176 valence electrons. The maximum absolute atomic E-state index is 13.6. The lowest BCUT2D eigenvalue weighted by molar-refractivity contribution is -0.158. The number of hydrogen-bond acceptors (Lipinski definition) is 5. The quantitative estimate of drug-likeness (QED) is 0.712. The number of nitrogens with one attached hydrogen (secondary N) is 1. The van der Waals surface area contributed by atoms with Gasteiger partial charge in [-0.2, -0.15) is 0 Å². The first kappa shape index (κ1) is 23.6. The van der Waals surface area contributed by atoms with Crippen molar-refractivity contribution in [2.75, 3.05) is 13.1 Å². The van der Waals surface area contributed by atoms with Crippen LogP contribution in [0.5, 0.6) is 0 Å². The molecule has 1 aliphatic heterocycles. The van der Waals surface area contributed by atoms with Crippen molar-refractivity contribution in [2.45, 2.75) is 57.6 Å². The lowest BCUT2D eigenvalue weighted by Crippen LogP contribution is -2.59. The van der Waals surface area contributed by atoms with Gasteiger partial charge in [0.1, 0.15) is 5.69 Å². The molecule has 0 radical (unpaired) electrons. The number of amides is 2. The second-order valence-corrected chi connectivity index (χ2v) is 10.3. The standard InChI is InChI=1S/C25H31ClN4O3/c1-24(2)16-30(14-11-25(24,33)17-7-9-18(26)10-8-17)23(32)19-5-3-4-6-20(19)29-22(31)21-15-27-12-13-28-21/h7-10,12-13,15,19-20,33H,3-6,11,14,16H2,1-2H3,(H,29,31)/t19-,20+,25-/m0/s1. The van der Waals surface area contributed by atoms with E-state index in [4.69, 9.17) is 11.6 Å². The zero-order valence-electron chi connectivity index (χ0n) is 19.1. The summed E-state index contributed by atoms with van der Waals surface area (Å²) in [7, 11) is 0. The van der Waals surface area contributed by atoms with E-state index in [2.05, 4.69) is 15.3 Å². The molecule has 7 nitrogen and oxygen atoms in total. The summed E-state index contributed by atoms with van der Waals surface area (Å²) < 4.78 is 0. The van der Waals surface area contributed by atoms with Crippen LogP contribution in [0, 0.1) is 11.3 Å². The summed E-state index contributed by atoms with van der Waals surface area (Å²) in [6.07, 6.45) is 8.30. The summed E-state index contributed by atoms with van der Waals surface area (Å²) in [4.78, 5) is 36.1. The van der Waals surface area contributed by atoms with Crippen molar-refractivity contribution in [3.05, 3.63) is 59.1 Å². The number of carbonyl (C=O) groups excluding carboxylic acids is 2. The molecule has 33 heavy (non-hydrogen) atoms. The molecule has 0 bridgehead atoms. The van der Waals surface area contributed by atoms with Gasteiger partial charge in [0.25, 0.3) is 5.91 Å². The van der Waals surface area contributed by atoms with E-state index in [1.165, 1.54) is 18.6 Å². The number of aromatic nitrogens is 2. The number of likely N-dealkylation sites (tertiary alicyclic amines) is 1. The van der Waals surface area contributed by atoms with E-state index >= 15 is 0 Å². The van der Waals surface area contributed by atoms with Crippen LogP contribution in [0.25, 0.3) is 0 Å². The molecule has 2 aromatic rings. The van der Waals surface area contributed by atoms with Crippen LogP contribution in [0.3, 0.4) is 0 Å². The molecule has 1 saturated carbocycles. The molecule has 4 rings (SSSR count). The fraction of sp³-hybridized carbons (Fsp3) is 0.520. The third-order valence-electron chi connectivity index (χ3n) is 7.28. The second-order valence-electron chi connectivity index (χ2n) is 9.82. The Labute approximate surface area is 199 Å². The molecule has 2 heterocycles. The molecule has 0 unspecified atom stereocenters. The summed E-state index contributed by atoms with van der Waals surface area (Å²) in [5, 5.41) is 15.3. The van der Waals surface area contributed by atoms with Crippen molar-refractivity contribution in [2.24, 2.45) is 11.3 Å². The van der Waals surface area contributed by atoms with E-state index in [1.54, 1.807) is 12.1 Å². The predicted octanol–water partition coefficient (Wildman–Crippen LogP) is 3.56. The predicted molar refractivity (Wildman–Crippen MR) is 126 cm³/mol. The van der Waals surface area contributed by atoms with Gasteiger partial charge in [-0.3, -0.25) is 14.6 Å². The zero-order valence-corrected chi connectivity index (χ0v) is 19.9. The SMILES string of the molecule is CC1(C)CN(C(=O)[C@H]2CCCC[C@H]2NC(=O)c2cnccn2)CC[C@]1(O)c1ccc(Cl)cc1. The minimum absolute atomic E-state index is 0.0466. The molecule has 2 fully saturated rings. The number of hydrogen-bond donors (Lipinski definition) is 2. The molecule has 2 N–H and O–H groups in total. The van der Waals surface area contributed by atoms with Crippen LogP contribution in [0.2, 0.25) is 5.02 Å². The van der Waals surface area contributed by atoms with Crippen molar-refractivity contribution in [3.8, 4) is 0 Å². The maximum Gasteiger partial charge on any atom is 0.271 e. The summed E-state index contributed by atoms with van der Waals surface area (Å²) >= 11 is 6.03. The summed E-state index contributed by atoms with van der Waals surface area (Å²) in [5.74, 6) is -0.536. The van der Waals surface area contributed by atoms with E-state index in [1.807, 2.05) is 30.9 Å². The summed E-state index contributed by atoms with van der Waals surface area (Å²) in [6, 6.07) is 7.06. The third kappa shape index (κ3) is 4.75. The Kier molecular flexibility index (Phi) is 6.73. The Morgan fingerprint density at radius 1 is 1.15 bits per heavy atom. The highest BCUT2D eigenvalue weighted by molar-refractivity contribution is 6.30. The summed E-state index contributed by atoms with van der Waals surface area (Å²) in [5.41, 5.74) is -0.542. The molecule has 8 heteroatoms. The van der Waals surface area contributed by atoms with Gasteiger partial charge in [0.2, 0.25) is 5.91 Å². The van der Waals surface area contributed by atoms with Gasteiger partial charge in [-0.1, -0.05) is 50.4 Å². The maximum atomic E-state index is 13.6. The van der Waals surface area contributed by atoms with Crippen molar-refractivity contribution in [1.82, 2.24) is 20.2 Å². The molecule has 1 aromatic carbocycles. The second kappa shape index (κ2) is 9.39. The average molecular weight is 471 g/mol. The number of rotatable bonds is 4. The molecule has 1 aromatic heterocycles. The molecule has 2 amide bonds. The number of piperidine rings is 1. The van der Waals surface area contributed by atoms with E-state index in [-0.39, 0.29) is 29.5 Å². The van der Waals surface area contributed by atoms with Gasteiger partial charge in [0.05, 0.1) is 17.7 Å². The van der Waals surface area contributed by atoms with Gasteiger partial charge in [-0.25, -0.2) is 4.98 Å². The normalized spacial score (nSPS) is 27.1. The number of benzene rings is 1. The highest BCUT2D eigenvalue weighted by Crippen LogP contribution is 2.46. The van der Waals surface area contributed by atoms with Gasteiger partial charge >= 0.3 is 0 Å². The van der Waals surface area contributed by atoms with E-state index in [0.717, 1.165) is 31.2 Å². The third-order valence-corrected chi connectivity index (χ3v) is 7.53. The van der Waals surface area contributed by atoms with Gasteiger partial charge < -0.3 is 15.3 Å². The Bertz CT molecular complexity index is 998. The summed E-state index contributed by atoms with van der Waals surface area (Å²) in [6.45, 7) is 4.89. The Morgan fingerprint density at radius 3 is 2.55 bits per heavy atom. The molecule has 0 spiro atoms. The molecular weight excluding hydrogens is 440 g/mol. The van der Waals surface area contributed by atoms with Crippen LogP contribution in [-0.4, -0.2) is 50.9 Å². The minimum atomic E-state index is -1.06. The first-order valence-electron chi connectivity index (χ1n) is 11.6. The Balaban J connectivity index is 1.48. The van der Waals surface area contributed by atoms with Crippen molar-refractivity contribution in [1.29, 1.82) is 0 Å². The van der Waals surface area contributed by atoms with Crippen molar-refractivity contribution in [3.63, 3.8) is 0 Å². The molecule has 1 saturated heterocycles. The Hall–Kier alpha value is -2.51. The largest absolute Gasteiger partial charge is 0.384 e. The highest BCUT2D eigenvalue weighted by atomic mass is 35.5. The van der Waals surface area contributed by atoms with Gasteiger partial charge in [0.15, 0.2) is 0 Å². The smallest absolute Gasteiger partial charge is 0.271 e. The first-order valence-corrected chi connectivity index (χ1v) is 11.9. The fourth-order valence-electron chi connectivity index (χ4n) is 5.26. The Morgan fingerprint density at radius 2 is 1.88 bits per heavy atom. The number of carbonyl (C=O) groups is 2. The van der Waals surface area contributed by atoms with Gasteiger partial charge in [-0.15, -0.1) is 0 Å². The molecule has 2 aliphatic rings. The van der Waals surface area contributed by atoms with Crippen LogP contribution in [0.4, 0.5) is 0 Å². The molecular formula is C25H31ClN4O3. The molecule has 3 atom stereocenters. The van der Waals surface area contributed by atoms with Crippen LogP contribution < -0.4 is 5.32 Å². The zero-order chi connectivity index (χ0) is 23.6. The minimum Gasteiger partial charge on any atom is -0.384 e. The first-order chi connectivity index (χ1) is 15.7. The average Bonchev–Trinajstić information content (AvgIpc) is 2.81. The fourth-order valence-corrected chi connectivity index (χ4v) is 5.39. The number of halogens is 1.